The molecule has 3 aromatic rings. The van der Waals surface area contributed by atoms with Crippen LogP contribution in [0.25, 0.3) is 10.9 Å². The average Bonchev–Trinajstić information content (AvgIpc) is 2.59. The fourth-order valence-corrected chi connectivity index (χ4v) is 3.68. The van der Waals surface area contributed by atoms with Crippen molar-refractivity contribution in [1.82, 2.24) is 9.71 Å². The summed E-state index contributed by atoms with van der Waals surface area (Å²) in [5.74, 6) is 0.686. The van der Waals surface area contributed by atoms with Gasteiger partial charge < -0.3 is 4.74 Å². The molecule has 0 aliphatic heterocycles. The Hall–Kier alpha value is -2.44. The zero-order valence-electron chi connectivity index (χ0n) is 13.3. The molecule has 0 aliphatic carbocycles. The highest BCUT2D eigenvalue weighted by atomic mass is 32.2. The lowest BCUT2D eigenvalue weighted by atomic mass is 10.2. The molecule has 0 atom stereocenters. The Morgan fingerprint density at radius 3 is 2.75 bits per heavy atom. The van der Waals surface area contributed by atoms with E-state index < -0.39 is 10.0 Å². The van der Waals surface area contributed by atoms with Crippen LogP contribution in [0.4, 0.5) is 0 Å². The van der Waals surface area contributed by atoms with Crippen LogP contribution in [0.1, 0.15) is 5.56 Å². The number of nitrogens with one attached hydrogen (secondary N) is 1. The number of ether oxygens (including phenoxy) is 1. The molecule has 1 heterocycles. The van der Waals surface area contributed by atoms with Crippen molar-refractivity contribution < 1.29 is 13.2 Å². The van der Waals surface area contributed by atoms with E-state index in [0.717, 1.165) is 10.9 Å². The number of pyridine rings is 1. The standard InChI is InChI=1S/C18H18N2O3S/c1-14-5-2-3-7-18(14)24(21,22)20-11-12-23-16-8-9-17-15(13-16)6-4-10-19-17/h2-10,13,20H,11-12H2,1H3. The lowest BCUT2D eigenvalue weighted by molar-refractivity contribution is 0.323. The van der Waals surface area contributed by atoms with Gasteiger partial charge in [-0.1, -0.05) is 24.3 Å². The van der Waals surface area contributed by atoms with E-state index >= 15 is 0 Å². The molecular weight excluding hydrogens is 324 g/mol. The van der Waals surface area contributed by atoms with Gasteiger partial charge >= 0.3 is 0 Å². The first kappa shape index (κ1) is 16.4. The molecule has 3 rings (SSSR count). The van der Waals surface area contributed by atoms with E-state index in [1.54, 1.807) is 31.3 Å². The highest BCUT2D eigenvalue weighted by molar-refractivity contribution is 7.89. The number of rotatable bonds is 6. The maximum Gasteiger partial charge on any atom is 0.240 e. The first-order chi connectivity index (χ1) is 11.6. The predicted octanol–water partition coefficient (Wildman–Crippen LogP) is 2.90. The number of hydrogen-bond acceptors (Lipinski definition) is 4. The van der Waals surface area contributed by atoms with E-state index in [-0.39, 0.29) is 13.2 Å². The molecule has 124 valence electrons. The Kier molecular flexibility index (Phi) is 4.78. The Labute approximate surface area is 141 Å². The molecule has 0 saturated carbocycles. The molecule has 0 aliphatic rings. The van der Waals surface area contributed by atoms with E-state index in [2.05, 4.69) is 9.71 Å². The molecule has 24 heavy (non-hydrogen) atoms. The summed E-state index contributed by atoms with van der Waals surface area (Å²) in [5.41, 5.74) is 1.61. The Morgan fingerprint density at radius 1 is 1.08 bits per heavy atom. The molecule has 6 heteroatoms. The zero-order chi connectivity index (χ0) is 17.0. The Morgan fingerprint density at radius 2 is 1.92 bits per heavy atom. The smallest absolute Gasteiger partial charge is 0.240 e. The molecule has 2 aromatic carbocycles. The van der Waals surface area contributed by atoms with Crippen LogP contribution in [-0.4, -0.2) is 26.6 Å². The van der Waals surface area contributed by atoms with Gasteiger partial charge in [-0.15, -0.1) is 0 Å². The largest absolute Gasteiger partial charge is 0.492 e. The van der Waals surface area contributed by atoms with Crippen LogP contribution in [0.15, 0.2) is 65.7 Å². The molecule has 0 fully saturated rings. The van der Waals surface area contributed by atoms with Gasteiger partial charge in [-0.05, 0) is 42.8 Å². The van der Waals surface area contributed by atoms with E-state index in [1.807, 2.05) is 36.4 Å². The normalized spacial score (nSPS) is 11.5. The Balaban J connectivity index is 1.59. The molecule has 0 radical (unpaired) electrons. The third-order valence-electron chi connectivity index (χ3n) is 3.62. The van der Waals surface area contributed by atoms with Gasteiger partial charge in [0.05, 0.1) is 10.4 Å². The van der Waals surface area contributed by atoms with Crippen LogP contribution < -0.4 is 9.46 Å². The van der Waals surface area contributed by atoms with Crippen molar-refractivity contribution in [3.63, 3.8) is 0 Å². The van der Waals surface area contributed by atoms with Gasteiger partial charge in [0.25, 0.3) is 0 Å². The molecule has 0 amide bonds. The van der Waals surface area contributed by atoms with Crippen LogP contribution in [0.2, 0.25) is 0 Å². The van der Waals surface area contributed by atoms with Crippen molar-refractivity contribution >= 4 is 20.9 Å². The predicted molar refractivity (Wildman–Crippen MR) is 93.6 cm³/mol. The summed E-state index contributed by atoms with van der Waals surface area (Å²) >= 11 is 0. The second kappa shape index (κ2) is 6.98. The summed E-state index contributed by atoms with van der Waals surface area (Å²) < 4.78 is 32.7. The van der Waals surface area contributed by atoms with Crippen molar-refractivity contribution in [2.75, 3.05) is 13.2 Å². The minimum atomic E-state index is -3.52. The summed E-state index contributed by atoms with van der Waals surface area (Å²) in [7, 11) is -3.52. The third-order valence-corrected chi connectivity index (χ3v) is 5.24. The first-order valence-electron chi connectivity index (χ1n) is 7.59. The van der Waals surface area contributed by atoms with Gasteiger partial charge in [0.1, 0.15) is 12.4 Å². The highest BCUT2D eigenvalue weighted by Gasteiger charge is 2.15. The number of fused-ring (bicyclic) bond motifs is 1. The second-order valence-electron chi connectivity index (χ2n) is 5.37. The van der Waals surface area contributed by atoms with Gasteiger partial charge in [0.15, 0.2) is 0 Å². The topological polar surface area (TPSA) is 68.3 Å². The average molecular weight is 342 g/mol. The molecule has 1 N–H and O–H groups in total. The molecule has 5 nitrogen and oxygen atoms in total. The fourth-order valence-electron chi connectivity index (χ4n) is 2.42. The fraction of sp³-hybridized carbons (Fsp3) is 0.167. The third kappa shape index (κ3) is 3.72. The van der Waals surface area contributed by atoms with Gasteiger partial charge in [0.2, 0.25) is 10.0 Å². The van der Waals surface area contributed by atoms with Gasteiger partial charge in [-0.2, -0.15) is 0 Å². The second-order valence-corrected chi connectivity index (χ2v) is 7.11. The summed E-state index contributed by atoms with van der Waals surface area (Å²) in [6, 6.07) is 16.3. The quantitative estimate of drug-likeness (QED) is 0.700. The molecule has 0 saturated heterocycles. The summed E-state index contributed by atoms with van der Waals surface area (Å²) in [4.78, 5) is 4.54. The first-order valence-corrected chi connectivity index (χ1v) is 9.07. The van der Waals surface area contributed by atoms with Gasteiger partial charge in [0, 0.05) is 18.1 Å². The van der Waals surface area contributed by atoms with Crippen molar-refractivity contribution in [3.05, 3.63) is 66.4 Å². The monoisotopic (exact) mass is 342 g/mol. The van der Waals surface area contributed by atoms with E-state index in [9.17, 15) is 8.42 Å². The number of aromatic nitrogens is 1. The van der Waals surface area contributed by atoms with Crippen LogP contribution in [-0.2, 0) is 10.0 Å². The van der Waals surface area contributed by atoms with Crippen molar-refractivity contribution in [3.8, 4) is 5.75 Å². The lowest BCUT2D eigenvalue weighted by Crippen LogP contribution is -2.28. The van der Waals surface area contributed by atoms with Gasteiger partial charge in [-0.3, -0.25) is 4.98 Å². The summed E-state index contributed by atoms with van der Waals surface area (Å²) in [5, 5.41) is 0.982. The maximum atomic E-state index is 12.3. The molecule has 0 unspecified atom stereocenters. The zero-order valence-corrected chi connectivity index (χ0v) is 14.1. The van der Waals surface area contributed by atoms with E-state index in [4.69, 9.17) is 4.74 Å². The number of hydrogen-bond donors (Lipinski definition) is 1. The molecule has 0 bridgehead atoms. The van der Waals surface area contributed by atoms with Crippen molar-refractivity contribution in [2.45, 2.75) is 11.8 Å². The molecule has 0 spiro atoms. The highest BCUT2D eigenvalue weighted by Crippen LogP contribution is 2.19. The lowest BCUT2D eigenvalue weighted by Gasteiger charge is -2.10. The van der Waals surface area contributed by atoms with Gasteiger partial charge in [-0.25, -0.2) is 13.1 Å². The van der Waals surface area contributed by atoms with Crippen LogP contribution in [0.3, 0.4) is 0 Å². The number of sulfonamides is 1. The minimum absolute atomic E-state index is 0.196. The molecule has 1 aromatic heterocycles. The van der Waals surface area contributed by atoms with E-state index in [1.165, 1.54) is 0 Å². The maximum absolute atomic E-state index is 12.3. The van der Waals surface area contributed by atoms with Crippen LogP contribution >= 0.6 is 0 Å². The Bertz CT molecular complexity index is 955. The SMILES string of the molecule is Cc1ccccc1S(=O)(=O)NCCOc1ccc2ncccc2c1. The van der Waals surface area contributed by atoms with Crippen LogP contribution in [0.5, 0.6) is 5.75 Å². The van der Waals surface area contributed by atoms with Crippen LogP contribution in [0, 0.1) is 6.92 Å². The number of aryl methyl sites for hydroxylation is 1. The van der Waals surface area contributed by atoms with Crippen molar-refractivity contribution in [2.24, 2.45) is 0 Å². The summed E-state index contributed by atoms with van der Waals surface area (Å²) in [6.07, 6.45) is 1.74. The minimum Gasteiger partial charge on any atom is -0.492 e. The van der Waals surface area contributed by atoms with E-state index in [0.29, 0.717) is 16.2 Å². The summed E-state index contributed by atoms with van der Waals surface area (Å²) in [6.45, 7) is 2.22. The number of benzene rings is 2. The van der Waals surface area contributed by atoms with Crippen molar-refractivity contribution in [1.29, 1.82) is 0 Å². The number of nitrogens with zero attached hydrogens (tertiary/aromatic N) is 1. The molecular formula is C18H18N2O3S.